The van der Waals surface area contributed by atoms with Gasteiger partial charge >= 0.3 is 7.60 Å². The van der Waals surface area contributed by atoms with Gasteiger partial charge in [0.2, 0.25) is 0 Å². The summed E-state index contributed by atoms with van der Waals surface area (Å²) in [5, 5.41) is 1.08. The van der Waals surface area contributed by atoms with E-state index in [-0.39, 0.29) is 0 Å². The molecule has 1 rings (SSSR count). The lowest BCUT2D eigenvalue weighted by Gasteiger charge is -2.27. The third-order valence-corrected chi connectivity index (χ3v) is 5.65. The number of rotatable bonds is 6. The monoisotopic (exact) mass is 337 g/mol. The van der Waals surface area contributed by atoms with Crippen molar-refractivity contribution >= 4 is 35.8 Å². The van der Waals surface area contributed by atoms with Crippen LogP contribution in [-0.4, -0.2) is 39.0 Å². The van der Waals surface area contributed by atoms with Crippen molar-refractivity contribution in [2.24, 2.45) is 0 Å². The Balaban J connectivity index is 3.14. The van der Waals surface area contributed by atoms with Crippen molar-refractivity contribution in [1.82, 2.24) is 4.90 Å². The van der Waals surface area contributed by atoms with E-state index in [1.807, 2.05) is 0 Å². The van der Waals surface area contributed by atoms with Crippen LogP contribution in [0, 0.1) is 0 Å². The highest BCUT2D eigenvalue weighted by atomic mass is 35.5. The number of hydrogen-bond donors (Lipinski definition) is 0. The van der Waals surface area contributed by atoms with Crippen molar-refractivity contribution < 1.29 is 13.6 Å². The van der Waals surface area contributed by atoms with E-state index in [1.165, 1.54) is 14.2 Å². The highest BCUT2D eigenvalue weighted by Crippen LogP contribution is 2.53. The van der Waals surface area contributed by atoms with Gasteiger partial charge in [0.1, 0.15) is 5.78 Å². The summed E-state index contributed by atoms with van der Waals surface area (Å²) in [7, 11) is 2.96. The normalized spacial score (nSPS) is 14.7. The molecule has 0 fully saturated rings. The van der Waals surface area contributed by atoms with E-state index in [0.29, 0.717) is 10.1 Å². The Morgan fingerprint density at radius 1 is 1.25 bits per heavy atom. The SMILES string of the molecule is COP(=O)(OC)C(C=C(Cl)c1ccc(Cl)cc1)N(C)C. The molecule has 1 unspecified atom stereocenters. The second kappa shape index (κ2) is 7.60. The summed E-state index contributed by atoms with van der Waals surface area (Å²) in [6.07, 6.45) is 1.65. The average molecular weight is 338 g/mol. The first-order valence-corrected chi connectivity index (χ1v) is 8.21. The summed E-state index contributed by atoms with van der Waals surface area (Å²) in [4.78, 5) is 1.73. The molecule has 4 nitrogen and oxygen atoms in total. The largest absolute Gasteiger partial charge is 0.351 e. The van der Waals surface area contributed by atoms with E-state index in [4.69, 9.17) is 32.2 Å². The predicted octanol–water partition coefficient (Wildman–Crippen LogP) is 4.29. The molecule has 0 aliphatic carbocycles. The minimum absolute atomic E-state index is 0.453. The van der Waals surface area contributed by atoms with Gasteiger partial charge in [-0.25, -0.2) is 0 Å². The van der Waals surface area contributed by atoms with Crippen LogP contribution in [0.15, 0.2) is 30.3 Å². The van der Waals surface area contributed by atoms with Crippen molar-refractivity contribution in [3.8, 4) is 0 Å². The van der Waals surface area contributed by atoms with Gasteiger partial charge in [-0.3, -0.25) is 9.46 Å². The molecule has 1 aromatic rings. The van der Waals surface area contributed by atoms with Gasteiger partial charge in [-0.15, -0.1) is 0 Å². The molecule has 0 bridgehead atoms. The molecule has 0 saturated carbocycles. The maximum atomic E-state index is 12.5. The van der Waals surface area contributed by atoms with Gasteiger partial charge in [0.25, 0.3) is 0 Å². The van der Waals surface area contributed by atoms with Crippen LogP contribution >= 0.6 is 30.8 Å². The first-order valence-electron chi connectivity index (χ1n) is 5.85. The molecule has 0 aliphatic heterocycles. The molecule has 0 spiro atoms. The summed E-state index contributed by atoms with van der Waals surface area (Å²) >= 11 is 12.1. The van der Waals surface area contributed by atoms with Crippen LogP contribution in [0.3, 0.4) is 0 Å². The van der Waals surface area contributed by atoms with E-state index >= 15 is 0 Å². The number of halogens is 2. The second-order valence-electron chi connectivity index (χ2n) is 4.30. The lowest BCUT2D eigenvalue weighted by Crippen LogP contribution is -2.27. The van der Waals surface area contributed by atoms with Crippen LogP contribution in [0.4, 0.5) is 0 Å². The zero-order valence-corrected chi connectivity index (χ0v) is 14.2. The molecule has 7 heteroatoms. The lowest BCUT2D eigenvalue weighted by molar-refractivity contribution is 0.242. The summed E-state index contributed by atoms with van der Waals surface area (Å²) < 4.78 is 22.6. The van der Waals surface area contributed by atoms with Gasteiger partial charge in [0, 0.05) is 24.3 Å². The highest BCUT2D eigenvalue weighted by Gasteiger charge is 2.34. The van der Waals surface area contributed by atoms with Crippen LogP contribution in [0.2, 0.25) is 5.02 Å². The number of nitrogens with zero attached hydrogens (tertiary/aromatic N) is 1. The van der Waals surface area contributed by atoms with E-state index in [0.717, 1.165) is 5.56 Å². The second-order valence-corrected chi connectivity index (χ2v) is 7.49. The fourth-order valence-corrected chi connectivity index (χ4v) is 3.59. The van der Waals surface area contributed by atoms with Crippen molar-refractivity contribution in [2.45, 2.75) is 5.78 Å². The molecule has 20 heavy (non-hydrogen) atoms. The van der Waals surface area contributed by atoms with Gasteiger partial charge in [-0.2, -0.15) is 0 Å². The van der Waals surface area contributed by atoms with E-state index in [9.17, 15) is 4.57 Å². The molecular weight excluding hydrogens is 320 g/mol. The molecule has 0 radical (unpaired) electrons. The summed E-state index contributed by atoms with van der Waals surface area (Å²) in [6, 6.07) is 7.06. The van der Waals surface area contributed by atoms with Crippen molar-refractivity contribution in [2.75, 3.05) is 28.3 Å². The Morgan fingerprint density at radius 2 is 1.75 bits per heavy atom. The summed E-state index contributed by atoms with van der Waals surface area (Å²) in [5.41, 5.74) is 0.779. The fourth-order valence-electron chi connectivity index (χ4n) is 1.65. The molecule has 0 aromatic heterocycles. The van der Waals surface area contributed by atoms with E-state index < -0.39 is 13.4 Å². The minimum Gasteiger partial charge on any atom is -0.311 e. The van der Waals surface area contributed by atoms with Crippen molar-refractivity contribution in [3.63, 3.8) is 0 Å². The van der Waals surface area contributed by atoms with Crippen molar-refractivity contribution in [1.29, 1.82) is 0 Å². The third-order valence-electron chi connectivity index (χ3n) is 2.78. The van der Waals surface area contributed by atoms with Gasteiger partial charge in [0.15, 0.2) is 0 Å². The first-order chi connectivity index (χ1) is 9.34. The maximum Gasteiger partial charge on any atom is 0.351 e. The van der Waals surface area contributed by atoms with Crippen LogP contribution in [0.5, 0.6) is 0 Å². The number of hydrogen-bond acceptors (Lipinski definition) is 4. The van der Waals surface area contributed by atoms with Gasteiger partial charge < -0.3 is 9.05 Å². The summed E-state index contributed by atoms with van der Waals surface area (Å²) in [5.74, 6) is -0.583. The van der Waals surface area contributed by atoms with Gasteiger partial charge in [0.05, 0.1) is 0 Å². The maximum absolute atomic E-state index is 12.5. The van der Waals surface area contributed by atoms with Crippen LogP contribution in [0.1, 0.15) is 5.56 Å². The predicted molar refractivity (Wildman–Crippen MR) is 84.4 cm³/mol. The Hall–Kier alpha value is -0.350. The Bertz CT molecular complexity index is 509. The minimum atomic E-state index is -3.29. The van der Waals surface area contributed by atoms with Gasteiger partial charge in [-0.1, -0.05) is 35.3 Å². The standard InChI is InChI=1S/C13H18Cl2NO3P/c1-16(2)13(20(17,18-3)19-4)9-12(15)10-5-7-11(14)8-6-10/h5-9,13H,1-4H3. The topological polar surface area (TPSA) is 38.8 Å². The molecule has 1 atom stereocenters. The molecular formula is C13H18Cl2NO3P. The number of likely N-dealkylation sites (N-methyl/N-ethyl adjacent to an activating group) is 1. The Kier molecular flexibility index (Phi) is 6.73. The van der Waals surface area contributed by atoms with Gasteiger partial charge in [-0.05, 0) is 37.9 Å². The van der Waals surface area contributed by atoms with E-state index in [1.54, 1.807) is 49.3 Å². The smallest absolute Gasteiger partial charge is 0.311 e. The fraction of sp³-hybridized carbons (Fsp3) is 0.385. The molecule has 112 valence electrons. The Labute approximate surface area is 129 Å². The van der Waals surface area contributed by atoms with Crippen molar-refractivity contribution in [3.05, 3.63) is 40.9 Å². The van der Waals surface area contributed by atoms with Crippen LogP contribution < -0.4 is 0 Å². The molecule has 0 saturated heterocycles. The third kappa shape index (κ3) is 4.32. The lowest BCUT2D eigenvalue weighted by atomic mass is 10.2. The van der Waals surface area contributed by atoms with E-state index in [2.05, 4.69) is 0 Å². The van der Waals surface area contributed by atoms with Crippen LogP contribution in [0.25, 0.3) is 5.03 Å². The molecule has 0 heterocycles. The Morgan fingerprint density at radius 3 is 2.15 bits per heavy atom. The molecule has 0 N–H and O–H groups in total. The first kappa shape index (κ1) is 17.7. The highest BCUT2D eigenvalue weighted by molar-refractivity contribution is 7.54. The zero-order chi connectivity index (χ0) is 15.3. The molecule has 1 aromatic carbocycles. The quantitative estimate of drug-likeness (QED) is 0.725. The zero-order valence-electron chi connectivity index (χ0n) is 11.8. The van der Waals surface area contributed by atoms with Crippen LogP contribution in [-0.2, 0) is 13.6 Å². The molecule has 0 amide bonds. The number of benzene rings is 1. The molecule has 0 aliphatic rings. The average Bonchev–Trinajstić information content (AvgIpc) is 2.44. The summed E-state index contributed by atoms with van der Waals surface area (Å²) in [6.45, 7) is 0.